The largest absolute Gasteiger partial charge is 0.465 e. The van der Waals surface area contributed by atoms with E-state index in [1.54, 1.807) is 24.3 Å². The highest BCUT2D eigenvalue weighted by Crippen LogP contribution is 2.21. The van der Waals surface area contributed by atoms with E-state index in [2.05, 4.69) is 0 Å². The molecule has 0 radical (unpaired) electrons. The molecule has 0 bridgehead atoms. The van der Waals surface area contributed by atoms with Gasteiger partial charge in [0, 0.05) is 23.7 Å². The van der Waals surface area contributed by atoms with Crippen LogP contribution >= 0.6 is 11.6 Å². The second-order valence-electron chi connectivity index (χ2n) is 6.34. The maximum absolute atomic E-state index is 12.7. The summed E-state index contributed by atoms with van der Waals surface area (Å²) < 4.78 is 5.05. The van der Waals surface area contributed by atoms with Crippen LogP contribution in [-0.4, -0.2) is 47.3 Å². The average molecular weight is 403 g/mol. The Kier molecular flexibility index (Phi) is 6.16. The van der Waals surface area contributed by atoms with Crippen LogP contribution in [0.5, 0.6) is 0 Å². The molecule has 146 valence electrons. The maximum atomic E-state index is 12.7. The molecule has 0 spiro atoms. The number of hydrogen-bond acceptors (Lipinski definition) is 4. The van der Waals surface area contributed by atoms with Crippen LogP contribution in [0.1, 0.15) is 12.0 Å². The van der Waals surface area contributed by atoms with Crippen molar-refractivity contribution in [3.8, 4) is 0 Å². The lowest BCUT2D eigenvalue weighted by atomic mass is 10.1. The summed E-state index contributed by atoms with van der Waals surface area (Å²) in [6, 6.07) is 15.3. The van der Waals surface area contributed by atoms with Crippen molar-refractivity contribution in [2.75, 3.05) is 18.1 Å². The summed E-state index contributed by atoms with van der Waals surface area (Å²) in [4.78, 5) is 38.4. The van der Waals surface area contributed by atoms with Gasteiger partial charge in [-0.3, -0.25) is 9.69 Å². The number of halogens is 1. The normalized spacial score (nSPS) is 16.0. The molecule has 3 rings (SSSR count). The molecule has 1 atom stereocenters. The number of carbonyl (C=O) groups excluding carboxylic acids is 2. The van der Waals surface area contributed by atoms with Gasteiger partial charge in [-0.05, 0) is 36.2 Å². The first kappa shape index (κ1) is 19.7. The van der Waals surface area contributed by atoms with Gasteiger partial charge < -0.3 is 9.84 Å². The van der Waals surface area contributed by atoms with Gasteiger partial charge in [0.2, 0.25) is 5.91 Å². The van der Waals surface area contributed by atoms with Crippen molar-refractivity contribution < 1.29 is 24.2 Å². The van der Waals surface area contributed by atoms with Crippen molar-refractivity contribution in [3.05, 3.63) is 65.2 Å². The zero-order chi connectivity index (χ0) is 20.1. The molecule has 0 aromatic heterocycles. The summed E-state index contributed by atoms with van der Waals surface area (Å²) in [5.74, 6) is -0.469. The summed E-state index contributed by atoms with van der Waals surface area (Å²) in [5, 5.41) is 9.93. The highest BCUT2D eigenvalue weighted by Gasteiger charge is 2.37. The molecule has 2 aromatic carbocycles. The van der Waals surface area contributed by atoms with Crippen LogP contribution in [-0.2, 0) is 16.0 Å². The second-order valence-corrected chi connectivity index (χ2v) is 6.78. The van der Waals surface area contributed by atoms with Crippen LogP contribution < -0.4 is 4.90 Å². The first-order valence-corrected chi connectivity index (χ1v) is 9.12. The van der Waals surface area contributed by atoms with Crippen molar-refractivity contribution in [3.63, 3.8) is 0 Å². The van der Waals surface area contributed by atoms with E-state index >= 15 is 0 Å². The highest BCUT2D eigenvalue weighted by atomic mass is 35.5. The molecular formula is C20H19ClN2O5. The predicted octanol–water partition coefficient (Wildman–Crippen LogP) is 3.80. The van der Waals surface area contributed by atoms with Crippen LogP contribution in [0.4, 0.5) is 15.3 Å². The molecule has 1 fully saturated rings. The summed E-state index contributed by atoms with van der Waals surface area (Å²) in [6.45, 7) is 0.0386. The van der Waals surface area contributed by atoms with Crippen molar-refractivity contribution in [2.45, 2.75) is 18.9 Å². The Morgan fingerprint density at radius 3 is 2.46 bits per heavy atom. The Morgan fingerprint density at radius 2 is 1.82 bits per heavy atom. The van der Waals surface area contributed by atoms with Gasteiger partial charge in [-0.2, -0.15) is 0 Å². The number of anilines is 1. The number of ether oxygens (including phenoxy) is 1. The molecule has 3 amide bonds. The third kappa shape index (κ3) is 4.61. The molecule has 2 aromatic rings. The fraction of sp³-hybridized carbons (Fsp3) is 0.250. The van der Waals surface area contributed by atoms with Crippen molar-refractivity contribution in [1.29, 1.82) is 0 Å². The van der Waals surface area contributed by atoms with Gasteiger partial charge in [0.15, 0.2) is 0 Å². The molecule has 1 aliphatic rings. The standard InChI is InChI=1S/C20H19ClN2O5/c21-15-6-8-16(9-7-15)22(19(25)26)11-10-18(24)23-17(13-28-20(23)27)12-14-4-2-1-3-5-14/h1-9,17H,10-13H2,(H,25,26). The molecule has 8 heteroatoms. The number of amides is 3. The van der Waals surface area contributed by atoms with Gasteiger partial charge in [0.05, 0.1) is 6.04 Å². The molecule has 0 aliphatic carbocycles. The van der Waals surface area contributed by atoms with Crippen molar-refractivity contribution in [2.24, 2.45) is 0 Å². The monoisotopic (exact) mass is 402 g/mol. The van der Waals surface area contributed by atoms with E-state index < -0.39 is 24.1 Å². The molecule has 1 N–H and O–H groups in total. The van der Waals surface area contributed by atoms with E-state index in [0.717, 1.165) is 15.4 Å². The van der Waals surface area contributed by atoms with Crippen molar-refractivity contribution in [1.82, 2.24) is 4.90 Å². The third-order valence-electron chi connectivity index (χ3n) is 4.46. The summed E-state index contributed by atoms with van der Waals surface area (Å²) in [7, 11) is 0. The third-order valence-corrected chi connectivity index (χ3v) is 4.71. The van der Waals surface area contributed by atoms with E-state index in [0.29, 0.717) is 17.1 Å². The number of carboxylic acid groups (broad SMARTS) is 1. The fourth-order valence-corrected chi connectivity index (χ4v) is 3.21. The van der Waals surface area contributed by atoms with E-state index in [1.165, 1.54) is 0 Å². The molecule has 1 unspecified atom stereocenters. The Morgan fingerprint density at radius 1 is 1.14 bits per heavy atom. The molecule has 1 heterocycles. The minimum Gasteiger partial charge on any atom is -0.465 e. The number of benzene rings is 2. The predicted molar refractivity (Wildman–Crippen MR) is 104 cm³/mol. The van der Waals surface area contributed by atoms with Crippen LogP contribution in [0.2, 0.25) is 5.02 Å². The first-order valence-electron chi connectivity index (χ1n) is 8.74. The summed E-state index contributed by atoms with van der Waals surface area (Å²) >= 11 is 5.83. The molecular weight excluding hydrogens is 384 g/mol. The number of hydrogen-bond donors (Lipinski definition) is 1. The van der Waals surface area contributed by atoms with Crippen LogP contribution in [0.25, 0.3) is 0 Å². The topological polar surface area (TPSA) is 87.2 Å². The zero-order valence-electron chi connectivity index (χ0n) is 15.0. The van der Waals surface area contributed by atoms with E-state index in [4.69, 9.17) is 16.3 Å². The first-order chi connectivity index (χ1) is 13.5. The smallest absolute Gasteiger partial charge is 0.416 e. The van der Waals surface area contributed by atoms with Gasteiger partial charge in [0.25, 0.3) is 0 Å². The van der Waals surface area contributed by atoms with E-state index in [1.807, 2.05) is 30.3 Å². The number of rotatable bonds is 6. The maximum Gasteiger partial charge on any atom is 0.416 e. The Hall–Kier alpha value is -3.06. The van der Waals surface area contributed by atoms with Gasteiger partial charge in [-0.1, -0.05) is 41.9 Å². The number of imide groups is 1. The quantitative estimate of drug-likeness (QED) is 0.793. The minimum atomic E-state index is -1.19. The lowest BCUT2D eigenvalue weighted by Gasteiger charge is -2.23. The number of cyclic esters (lactones) is 1. The molecule has 0 saturated carbocycles. The second kappa shape index (κ2) is 8.75. The van der Waals surface area contributed by atoms with Gasteiger partial charge in [-0.15, -0.1) is 0 Å². The number of carbonyl (C=O) groups is 3. The summed E-state index contributed by atoms with van der Waals surface area (Å²) in [5.41, 5.74) is 1.38. The average Bonchev–Trinajstić information content (AvgIpc) is 3.04. The lowest BCUT2D eigenvalue weighted by Crippen LogP contribution is -2.42. The summed E-state index contributed by atoms with van der Waals surface area (Å²) in [6.07, 6.45) is -1.55. The van der Waals surface area contributed by atoms with E-state index in [9.17, 15) is 19.5 Å². The molecule has 1 aliphatic heterocycles. The lowest BCUT2D eigenvalue weighted by molar-refractivity contribution is -0.128. The van der Waals surface area contributed by atoms with Gasteiger partial charge in [0.1, 0.15) is 6.61 Å². The SMILES string of the molecule is O=C(O)N(CCC(=O)N1C(=O)OCC1Cc1ccccc1)c1ccc(Cl)cc1. The van der Waals surface area contributed by atoms with Gasteiger partial charge >= 0.3 is 12.2 Å². The van der Waals surface area contributed by atoms with Crippen LogP contribution in [0.15, 0.2) is 54.6 Å². The van der Waals surface area contributed by atoms with Crippen molar-refractivity contribution >= 4 is 35.4 Å². The Bertz CT molecular complexity index is 857. The van der Waals surface area contributed by atoms with Crippen LogP contribution in [0.3, 0.4) is 0 Å². The Balaban J connectivity index is 1.66. The zero-order valence-corrected chi connectivity index (χ0v) is 15.7. The number of nitrogens with zero attached hydrogens (tertiary/aromatic N) is 2. The molecule has 28 heavy (non-hydrogen) atoms. The van der Waals surface area contributed by atoms with E-state index in [-0.39, 0.29) is 19.6 Å². The highest BCUT2D eigenvalue weighted by molar-refractivity contribution is 6.30. The minimum absolute atomic E-state index is 0.0857. The Labute approximate surface area is 167 Å². The molecule has 1 saturated heterocycles. The van der Waals surface area contributed by atoms with Crippen LogP contribution in [0, 0.1) is 0 Å². The van der Waals surface area contributed by atoms with Gasteiger partial charge in [-0.25, -0.2) is 14.5 Å². The molecule has 7 nitrogen and oxygen atoms in total. The fourth-order valence-electron chi connectivity index (χ4n) is 3.09.